The summed E-state index contributed by atoms with van der Waals surface area (Å²) in [5, 5.41) is 0. The first-order valence-corrected chi connectivity index (χ1v) is 7.06. The number of methoxy groups -OCH3 is 1. The molecular formula is C16H23NO2. The first-order chi connectivity index (χ1) is 9.11. The standard InChI is InChI=1S/C16H23NO2/c1-12(2)13-6-7-14(15(10-13)19-3)11-16(18)17-8-4-5-9-17/h6-7,10,12H,4-5,8-9,11H2,1-3H3. The average molecular weight is 261 g/mol. The van der Waals surface area contributed by atoms with Gasteiger partial charge >= 0.3 is 0 Å². The van der Waals surface area contributed by atoms with Gasteiger partial charge in [-0.2, -0.15) is 0 Å². The quantitative estimate of drug-likeness (QED) is 0.834. The Kier molecular flexibility index (Phi) is 4.46. The van der Waals surface area contributed by atoms with Gasteiger partial charge in [0.1, 0.15) is 5.75 Å². The highest BCUT2D eigenvalue weighted by Gasteiger charge is 2.19. The fourth-order valence-electron chi connectivity index (χ4n) is 2.51. The van der Waals surface area contributed by atoms with Crippen molar-refractivity contribution in [2.24, 2.45) is 0 Å². The zero-order chi connectivity index (χ0) is 13.8. The smallest absolute Gasteiger partial charge is 0.227 e. The Bertz CT molecular complexity index is 448. The van der Waals surface area contributed by atoms with Crippen molar-refractivity contribution >= 4 is 5.91 Å². The minimum atomic E-state index is 0.216. The van der Waals surface area contributed by atoms with Gasteiger partial charge in [0.15, 0.2) is 0 Å². The SMILES string of the molecule is COc1cc(C(C)C)ccc1CC(=O)N1CCCC1. The molecule has 3 nitrogen and oxygen atoms in total. The summed E-state index contributed by atoms with van der Waals surface area (Å²) in [5.74, 6) is 1.52. The second kappa shape index (κ2) is 6.09. The molecule has 1 fully saturated rings. The van der Waals surface area contributed by atoms with Gasteiger partial charge in [-0.1, -0.05) is 26.0 Å². The molecule has 19 heavy (non-hydrogen) atoms. The van der Waals surface area contributed by atoms with Gasteiger partial charge in [-0.25, -0.2) is 0 Å². The van der Waals surface area contributed by atoms with Crippen LogP contribution in [0.15, 0.2) is 18.2 Å². The highest BCUT2D eigenvalue weighted by atomic mass is 16.5. The largest absolute Gasteiger partial charge is 0.496 e. The highest BCUT2D eigenvalue weighted by Crippen LogP contribution is 2.25. The molecule has 0 aliphatic carbocycles. The van der Waals surface area contributed by atoms with Gasteiger partial charge in [-0.05, 0) is 30.4 Å². The van der Waals surface area contributed by atoms with Crippen molar-refractivity contribution in [3.8, 4) is 5.75 Å². The van der Waals surface area contributed by atoms with E-state index < -0.39 is 0 Å². The van der Waals surface area contributed by atoms with Crippen LogP contribution in [0.4, 0.5) is 0 Å². The van der Waals surface area contributed by atoms with Crippen molar-refractivity contribution in [2.45, 2.75) is 39.0 Å². The molecule has 1 amide bonds. The maximum atomic E-state index is 12.2. The molecule has 0 N–H and O–H groups in total. The van der Waals surface area contributed by atoms with Crippen LogP contribution in [0, 0.1) is 0 Å². The predicted octanol–water partition coefficient (Wildman–Crippen LogP) is 2.98. The summed E-state index contributed by atoms with van der Waals surface area (Å²) in [5.41, 5.74) is 2.23. The van der Waals surface area contributed by atoms with E-state index in [9.17, 15) is 4.79 Å². The fourth-order valence-corrected chi connectivity index (χ4v) is 2.51. The minimum absolute atomic E-state index is 0.216. The molecule has 1 saturated heterocycles. The second-order valence-electron chi connectivity index (χ2n) is 5.49. The monoisotopic (exact) mass is 261 g/mol. The van der Waals surface area contributed by atoms with Crippen molar-refractivity contribution in [3.05, 3.63) is 29.3 Å². The van der Waals surface area contributed by atoms with Gasteiger partial charge in [0.05, 0.1) is 13.5 Å². The van der Waals surface area contributed by atoms with E-state index in [0.29, 0.717) is 12.3 Å². The molecule has 0 atom stereocenters. The van der Waals surface area contributed by atoms with Crippen molar-refractivity contribution in [1.82, 2.24) is 4.90 Å². The Balaban J connectivity index is 2.12. The molecule has 0 aromatic heterocycles. The van der Waals surface area contributed by atoms with Crippen LogP contribution in [-0.4, -0.2) is 31.0 Å². The first-order valence-electron chi connectivity index (χ1n) is 7.06. The molecule has 1 aliphatic heterocycles. The van der Waals surface area contributed by atoms with Crippen LogP contribution in [0.3, 0.4) is 0 Å². The Morgan fingerprint density at radius 3 is 2.58 bits per heavy atom. The number of ether oxygens (including phenoxy) is 1. The van der Waals surface area contributed by atoms with Crippen LogP contribution < -0.4 is 4.74 Å². The van der Waals surface area contributed by atoms with E-state index >= 15 is 0 Å². The lowest BCUT2D eigenvalue weighted by atomic mass is 9.99. The Morgan fingerprint density at radius 1 is 1.32 bits per heavy atom. The summed E-state index contributed by atoms with van der Waals surface area (Å²) in [6.45, 7) is 6.13. The Hall–Kier alpha value is -1.51. The lowest BCUT2D eigenvalue weighted by Crippen LogP contribution is -2.29. The van der Waals surface area contributed by atoms with Gasteiger partial charge < -0.3 is 9.64 Å². The third-order valence-corrected chi connectivity index (χ3v) is 3.78. The van der Waals surface area contributed by atoms with Gasteiger partial charge in [0.25, 0.3) is 0 Å². The molecular weight excluding hydrogens is 238 g/mol. The Morgan fingerprint density at radius 2 is 2.00 bits per heavy atom. The zero-order valence-corrected chi connectivity index (χ0v) is 12.1. The third-order valence-electron chi connectivity index (χ3n) is 3.78. The van der Waals surface area contributed by atoms with Crippen LogP contribution in [0.2, 0.25) is 0 Å². The van der Waals surface area contributed by atoms with E-state index in [1.165, 1.54) is 5.56 Å². The maximum absolute atomic E-state index is 12.2. The summed E-state index contributed by atoms with van der Waals surface area (Å²) in [6.07, 6.45) is 2.71. The normalized spacial score (nSPS) is 15.1. The summed E-state index contributed by atoms with van der Waals surface area (Å²) < 4.78 is 5.43. The van der Waals surface area contributed by atoms with E-state index in [0.717, 1.165) is 37.2 Å². The molecule has 0 bridgehead atoms. The predicted molar refractivity (Wildman–Crippen MR) is 76.6 cm³/mol. The lowest BCUT2D eigenvalue weighted by Gasteiger charge is -2.17. The van der Waals surface area contributed by atoms with E-state index in [1.807, 2.05) is 11.0 Å². The molecule has 1 aromatic carbocycles. The molecule has 1 aliphatic rings. The molecule has 0 saturated carbocycles. The van der Waals surface area contributed by atoms with Crippen LogP contribution in [0.1, 0.15) is 43.7 Å². The molecule has 1 heterocycles. The molecule has 0 unspecified atom stereocenters. The van der Waals surface area contributed by atoms with Crippen molar-refractivity contribution < 1.29 is 9.53 Å². The van der Waals surface area contributed by atoms with Gasteiger partial charge in [-0.15, -0.1) is 0 Å². The topological polar surface area (TPSA) is 29.5 Å². The average Bonchev–Trinajstić information content (AvgIpc) is 2.92. The van der Waals surface area contributed by atoms with E-state index in [2.05, 4.69) is 26.0 Å². The van der Waals surface area contributed by atoms with Crippen molar-refractivity contribution in [3.63, 3.8) is 0 Å². The fraction of sp³-hybridized carbons (Fsp3) is 0.562. The number of hydrogen-bond donors (Lipinski definition) is 0. The van der Waals surface area contributed by atoms with Gasteiger partial charge in [0.2, 0.25) is 5.91 Å². The number of rotatable bonds is 4. The van der Waals surface area contributed by atoms with Crippen LogP contribution >= 0.6 is 0 Å². The van der Waals surface area contributed by atoms with Gasteiger partial charge in [0, 0.05) is 18.7 Å². The van der Waals surface area contributed by atoms with Crippen LogP contribution in [0.5, 0.6) is 5.75 Å². The van der Waals surface area contributed by atoms with Crippen LogP contribution in [0.25, 0.3) is 0 Å². The number of amides is 1. The molecule has 1 aromatic rings. The Labute approximate surface area is 115 Å². The number of likely N-dealkylation sites (tertiary alicyclic amines) is 1. The van der Waals surface area contributed by atoms with Crippen molar-refractivity contribution in [1.29, 1.82) is 0 Å². The summed E-state index contributed by atoms with van der Waals surface area (Å²) >= 11 is 0. The molecule has 3 heteroatoms. The molecule has 0 spiro atoms. The number of nitrogens with zero attached hydrogens (tertiary/aromatic N) is 1. The summed E-state index contributed by atoms with van der Waals surface area (Å²) in [4.78, 5) is 14.1. The highest BCUT2D eigenvalue weighted by molar-refractivity contribution is 5.79. The van der Waals surface area contributed by atoms with Crippen molar-refractivity contribution in [2.75, 3.05) is 20.2 Å². The summed E-state index contributed by atoms with van der Waals surface area (Å²) in [7, 11) is 1.67. The number of hydrogen-bond acceptors (Lipinski definition) is 2. The zero-order valence-electron chi connectivity index (χ0n) is 12.1. The number of benzene rings is 1. The molecule has 2 rings (SSSR count). The first kappa shape index (κ1) is 13.9. The van der Waals surface area contributed by atoms with E-state index in [-0.39, 0.29) is 5.91 Å². The third kappa shape index (κ3) is 3.28. The second-order valence-corrected chi connectivity index (χ2v) is 5.49. The van der Waals surface area contributed by atoms with E-state index in [1.54, 1.807) is 7.11 Å². The molecule has 0 radical (unpaired) electrons. The lowest BCUT2D eigenvalue weighted by molar-refractivity contribution is -0.129. The van der Waals surface area contributed by atoms with Gasteiger partial charge in [-0.3, -0.25) is 4.79 Å². The molecule has 104 valence electrons. The maximum Gasteiger partial charge on any atom is 0.227 e. The van der Waals surface area contributed by atoms with E-state index in [4.69, 9.17) is 4.74 Å². The number of carbonyl (C=O) groups excluding carboxylic acids is 1. The summed E-state index contributed by atoms with van der Waals surface area (Å²) in [6, 6.07) is 6.18. The number of carbonyl (C=O) groups is 1. The minimum Gasteiger partial charge on any atom is -0.496 e. The van der Waals surface area contributed by atoms with Crippen LogP contribution in [-0.2, 0) is 11.2 Å².